The predicted molar refractivity (Wildman–Crippen MR) is 59.2 cm³/mol. The molecular weight excluding hydrogens is 210 g/mol. The van der Waals surface area contributed by atoms with E-state index in [1.165, 1.54) is 0 Å². The van der Waals surface area contributed by atoms with Crippen molar-refractivity contribution in [3.05, 3.63) is 0 Å². The molecule has 94 valence electrons. The van der Waals surface area contributed by atoms with Gasteiger partial charge in [-0.1, -0.05) is 0 Å². The molecule has 5 heteroatoms. The number of carbonyl (C=O) groups is 1. The molecular formula is C11H21NO4. The van der Waals surface area contributed by atoms with Gasteiger partial charge < -0.3 is 19.1 Å². The molecule has 0 saturated carbocycles. The van der Waals surface area contributed by atoms with Crippen molar-refractivity contribution in [3.8, 4) is 0 Å². The van der Waals surface area contributed by atoms with Gasteiger partial charge in [-0.05, 0) is 20.8 Å². The minimum absolute atomic E-state index is 0.316. The maximum atomic E-state index is 11.8. The van der Waals surface area contributed by atoms with E-state index in [-0.39, 0.29) is 6.09 Å². The molecule has 1 saturated heterocycles. The third-order valence-electron chi connectivity index (χ3n) is 2.59. The Morgan fingerprint density at radius 3 is 2.19 bits per heavy atom. The van der Waals surface area contributed by atoms with Crippen LogP contribution in [-0.4, -0.2) is 49.7 Å². The second kappa shape index (κ2) is 4.59. The van der Waals surface area contributed by atoms with Gasteiger partial charge in [0, 0.05) is 27.2 Å². The largest absolute Gasteiger partial charge is 0.444 e. The van der Waals surface area contributed by atoms with Gasteiger partial charge in [0.1, 0.15) is 5.60 Å². The van der Waals surface area contributed by atoms with Crippen LogP contribution >= 0.6 is 0 Å². The van der Waals surface area contributed by atoms with E-state index in [1.54, 1.807) is 19.1 Å². The highest BCUT2D eigenvalue weighted by atomic mass is 16.7. The monoisotopic (exact) mass is 231 g/mol. The van der Waals surface area contributed by atoms with Crippen molar-refractivity contribution in [1.29, 1.82) is 0 Å². The van der Waals surface area contributed by atoms with E-state index in [9.17, 15) is 4.79 Å². The van der Waals surface area contributed by atoms with Gasteiger partial charge in [0.05, 0.1) is 6.54 Å². The molecule has 1 heterocycles. The summed E-state index contributed by atoms with van der Waals surface area (Å²) < 4.78 is 15.9. The average Bonchev–Trinajstić information content (AvgIpc) is 2.60. The van der Waals surface area contributed by atoms with Crippen LogP contribution in [0.4, 0.5) is 4.79 Å². The lowest BCUT2D eigenvalue weighted by atomic mass is 10.2. The number of hydrogen-bond donors (Lipinski definition) is 0. The van der Waals surface area contributed by atoms with Crippen LogP contribution in [0, 0.1) is 0 Å². The first-order valence-corrected chi connectivity index (χ1v) is 5.40. The number of carbonyl (C=O) groups excluding carboxylic acids is 1. The van der Waals surface area contributed by atoms with Crippen LogP contribution in [0.5, 0.6) is 0 Å². The molecule has 0 aliphatic carbocycles. The van der Waals surface area contributed by atoms with Crippen molar-refractivity contribution in [1.82, 2.24) is 4.90 Å². The Kier molecular flexibility index (Phi) is 3.80. The van der Waals surface area contributed by atoms with Gasteiger partial charge in [-0.25, -0.2) is 4.79 Å². The minimum atomic E-state index is -0.670. The second-order valence-corrected chi connectivity index (χ2v) is 4.97. The first-order chi connectivity index (χ1) is 7.32. The summed E-state index contributed by atoms with van der Waals surface area (Å²) in [5.41, 5.74) is -0.470. The van der Waals surface area contributed by atoms with E-state index in [0.717, 1.165) is 0 Å². The Balaban J connectivity index is 2.56. The Morgan fingerprint density at radius 1 is 1.25 bits per heavy atom. The summed E-state index contributed by atoms with van der Waals surface area (Å²) in [6.07, 6.45) is 0.350. The zero-order valence-corrected chi connectivity index (χ0v) is 10.7. The van der Waals surface area contributed by atoms with Crippen molar-refractivity contribution in [2.24, 2.45) is 0 Å². The molecule has 1 rings (SSSR count). The van der Waals surface area contributed by atoms with Crippen LogP contribution < -0.4 is 0 Å². The SMILES string of the molecule is COC1(OC)CCN(C(=O)OC(C)(C)C)C1. The molecule has 1 aliphatic heterocycles. The van der Waals surface area contributed by atoms with Crippen LogP contribution in [0.25, 0.3) is 0 Å². The molecule has 0 unspecified atom stereocenters. The Hall–Kier alpha value is -0.810. The van der Waals surface area contributed by atoms with E-state index < -0.39 is 11.4 Å². The van der Waals surface area contributed by atoms with Gasteiger partial charge in [-0.15, -0.1) is 0 Å². The molecule has 0 bridgehead atoms. The molecule has 0 N–H and O–H groups in total. The number of amides is 1. The van der Waals surface area contributed by atoms with Crippen molar-refractivity contribution in [2.75, 3.05) is 27.3 Å². The third kappa shape index (κ3) is 3.09. The summed E-state index contributed by atoms with van der Waals surface area (Å²) >= 11 is 0. The average molecular weight is 231 g/mol. The minimum Gasteiger partial charge on any atom is -0.444 e. The van der Waals surface area contributed by atoms with Crippen LogP contribution in [0.15, 0.2) is 0 Å². The topological polar surface area (TPSA) is 48.0 Å². The second-order valence-electron chi connectivity index (χ2n) is 4.97. The Morgan fingerprint density at radius 2 is 1.81 bits per heavy atom. The molecule has 0 aromatic rings. The van der Waals surface area contributed by atoms with Crippen molar-refractivity contribution in [3.63, 3.8) is 0 Å². The van der Waals surface area contributed by atoms with Crippen LogP contribution in [0.3, 0.4) is 0 Å². The summed E-state index contributed by atoms with van der Waals surface area (Å²) in [6, 6.07) is 0. The fourth-order valence-electron chi connectivity index (χ4n) is 1.65. The lowest BCUT2D eigenvalue weighted by Gasteiger charge is -2.27. The lowest BCUT2D eigenvalue weighted by Crippen LogP contribution is -2.41. The maximum Gasteiger partial charge on any atom is 0.410 e. The number of ether oxygens (including phenoxy) is 3. The van der Waals surface area contributed by atoms with E-state index in [0.29, 0.717) is 19.5 Å². The fraction of sp³-hybridized carbons (Fsp3) is 0.909. The van der Waals surface area contributed by atoms with E-state index in [2.05, 4.69) is 0 Å². The number of nitrogens with zero attached hydrogens (tertiary/aromatic N) is 1. The van der Waals surface area contributed by atoms with E-state index in [4.69, 9.17) is 14.2 Å². The van der Waals surface area contributed by atoms with Crippen LogP contribution in [0.1, 0.15) is 27.2 Å². The molecule has 1 fully saturated rings. The van der Waals surface area contributed by atoms with Crippen molar-refractivity contribution < 1.29 is 19.0 Å². The van der Waals surface area contributed by atoms with Gasteiger partial charge in [0.2, 0.25) is 0 Å². The van der Waals surface area contributed by atoms with Crippen LogP contribution in [0.2, 0.25) is 0 Å². The van der Waals surface area contributed by atoms with Gasteiger partial charge in [0.15, 0.2) is 5.79 Å². The molecule has 0 radical (unpaired) electrons. The third-order valence-corrected chi connectivity index (χ3v) is 2.59. The predicted octanol–water partition coefficient (Wildman–Crippen LogP) is 1.62. The Bertz CT molecular complexity index is 255. The number of hydrogen-bond acceptors (Lipinski definition) is 4. The first kappa shape index (κ1) is 13.3. The highest BCUT2D eigenvalue weighted by molar-refractivity contribution is 5.68. The highest BCUT2D eigenvalue weighted by Crippen LogP contribution is 2.26. The number of rotatable bonds is 2. The number of methoxy groups -OCH3 is 2. The zero-order chi connectivity index (χ0) is 12.4. The molecule has 16 heavy (non-hydrogen) atoms. The summed E-state index contributed by atoms with van der Waals surface area (Å²) in [5.74, 6) is -0.670. The fourth-order valence-corrected chi connectivity index (χ4v) is 1.65. The van der Waals surface area contributed by atoms with Gasteiger partial charge in [-0.3, -0.25) is 0 Å². The Labute approximate surface area is 96.6 Å². The normalized spacial score (nSPS) is 19.9. The quantitative estimate of drug-likeness (QED) is 0.677. The van der Waals surface area contributed by atoms with Gasteiger partial charge >= 0.3 is 6.09 Å². The smallest absolute Gasteiger partial charge is 0.410 e. The molecule has 5 nitrogen and oxygen atoms in total. The van der Waals surface area contributed by atoms with Crippen LogP contribution in [-0.2, 0) is 14.2 Å². The maximum absolute atomic E-state index is 11.8. The number of likely N-dealkylation sites (tertiary alicyclic amines) is 1. The molecule has 0 aromatic heterocycles. The van der Waals surface area contributed by atoms with Crippen molar-refractivity contribution >= 4 is 6.09 Å². The summed E-state index contributed by atoms with van der Waals surface area (Å²) in [5, 5.41) is 0. The molecule has 0 spiro atoms. The summed E-state index contributed by atoms with van der Waals surface area (Å²) in [7, 11) is 3.17. The summed E-state index contributed by atoms with van der Waals surface area (Å²) in [6.45, 7) is 6.55. The molecule has 1 amide bonds. The van der Waals surface area contributed by atoms with Gasteiger partial charge in [0.25, 0.3) is 0 Å². The lowest BCUT2D eigenvalue weighted by molar-refractivity contribution is -0.194. The van der Waals surface area contributed by atoms with E-state index >= 15 is 0 Å². The van der Waals surface area contributed by atoms with Gasteiger partial charge in [-0.2, -0.15) is 0 Å². The summed E-state index contributed by atoms with van der Waals surface area (Å²) in [4.78, 5) is 13.4. The highest BCUT2D eigenvalue weighted by Gasteiger charge is 2.41. The first-order valence-electron chi connectivity index (χ1n) is 5.40. The molecule has 0 aromatic carbocycles. The molecule has 0 atom stereocenters. The van der Waals surface area contributed by atoms with Crippen molar-refractivity contribution in [2.45, 2.75) is 38.6 Å². The zero-order valence-electron chi connectivity index (χ0n) is 10.7. The molecule has 1 aliphatic rings. The van der Waals surface area contributed by atoms with E-state index in [1.807, 2.05) is 20.8 Å². The standard InChI is InChI=1S/C11H21NO4/c1-10(2,3)16-9(13)12-7-6-11(8-12,14-4)15-5/h6-8H2,1-5H3.